The molecule has 1 aliphatic heterocycles. The molecule has 0 unspecified atom stereocenters. The van der Waals surface area contributed by atoms with E-state index in [4.69, 9.17) is 5.73 Å². The minimum Gasteiger partial charge on any atom is -0.399 e. The molecule has 1 aliphatic carbocycles. The first-order valence-corrected chi connectivity index (χ1v) is 13.0. The van der Waals surface area contributed by atoms with Crippen LogP contribution in [0.3, 0.4) is 0 Å². The van der Waals surface area contributed by atoms with Crippen LogP contribution in [0.25, 0.3) is 11.1 Å². The van der Waals surface area contributed by atoms with Crippen LogP contribution in [0.2, 0.25) is 0 Å². The number of alkyl halides is 3. The summed E-state index contributed by atoms with van der Waals surface area (Å²) in [7, 11) is 0. The lowest BCUT2D eigenvalue weighted by Crippen LogP contribution is -2.50. The highest BCUT2D eigenvalue weighted by molar-refractivity contribution is 5.76. The molecule has 5 nitrogen and oxygen atoms in total. The molecule has 0 atom stereocenters. The Morgan fingerprint density at radius 1 is 1.05 bits per heavy atom. The molecular weight excluding hydrogens is 496 g/mol. The van der Waals surface area contributed by atoms with Gasteiger partial charge in [0.05, 0.1) is 5.57 Å². The number of benzene rings is 2. The van der Waals surface area contributed by atoms with Crippen LogP contribution in [0, 0.1) is 0 Å². The minimum absolute atomic E-state index is 0.00141. The number of nitrogens with one attached hydrogen (secondary N) is 2. The zero-order valence-corrected chi connectivity index (χ0v) is 21.5. The van der Waals surface area contributed by atoms with E-state index in [1.165, 1.54) is 0 Å². The second-order valence-electron chi connectivity index (χ2n) is 10.1. The van der Waals surface area contributed by atoms with E-state index >= 15 is 0 Å². The zero-order chi connectivity index (χ0) is 27.3. The van der Waals surface area contributed by atoms with E-state index in [1.807, 2.05) is 24.3 Å². The zero-order valence-electron chi connectivity index (χ0n) is 21.5. The molecule has 1 heterocycles. The summed E-state index contributed by atoms with van der Waals surface area (Å²) < 4.78 is 53.0. The van der Waals surface area contributed by atoms with Gasteiger partial charge in [0.15, 0.2) is 0 Å². The third-order valence-electron chi connectivity index (χ3n) is 7.46. The molecule has 9 heteroatoms. The van der Waals surface area contributed by atoms with Crippen molar-refractivity contribution in [2.45, 2.75) is 50.6 Å². The van der Waals surface area contributed by atoms with Gasteiger partial charge >= 0.3 is 12.2 Å². The van der Waals surface area contributed by atoms with Crippen molar-refractivity contribution in [1.82, 2.24) is 15.5 Å². The molecule has 2 aliphatic rings. The SMILES string of the molecule is CCCN1CCC(CNC(=O)NC2=CC(C(F)(F)F)=C(F)CC2)(c2ccc(-c3cccc(N)c3)cc2)CC1. The minimum atomic E-state index is -4.80. The first-order valence-electron chi connectivity index (χ1n) is 13.0. The van der Waals surface area contributed by atoms with E-state index in [-0.39, 0.29) is 17.5 Å². The van der Waals surface area contributed by atoms with E-state index in [2.05, 4.69) is 46.7 Å². The molecule has 4 rings (SSSR count). The number of anilines is 1. The molecule has 4 N–H and O–H groups in total. The number of allylic oxidation sites excluding steroid dienone is 4. The maximum absolute atomic E-state index is 13.7. The quantitative estimate of drug-likeness (QED) is 0.285. The maximum atomic E-state index is 13.7. The fourth-order valence-corrected chi connectivity index (χ4v) is 5.30. The summed E-state index contributed by atoms with van der Waals surface area (Å²) in [4.78, 5) is 15.1. The number of urea groups is 1. The van der Waals surface area contributed by atoms with E-state index in [1.54, 1.807) is 0 Å². The van der Waals surface area contributed by atoms with Crippen molar-refractivity contribution in [3.8, 4) is 11.1 Å². The third-order valence-corrected chi connectivity index (χ3v) is 7.46. The van der Waals surface area contributed by atoms with Crippen LogP contribution in [-0.2, 0) is 5.41 Å². The Hall–Kier alpha value is -3.33. The van der Waals surface area contributed by atoms with Gasteiger partial charge < -0.3 is 21.3 Å². The van der Waals surface area contributed by atoms with Crippen LogP contribution in [0.4, 0.5) is 28.0 Å². The van der Waals surface area contributed by atoms with Crippen LogP contribution < -0.4 is 16.4 Å². The number of likely N-dealkylation sites (tertiary alicyclic amines) is 1. The number of piperidine rings is 1. The molecule has 204 valence electrons. The van der Waals surface area contributed by atoms with E-state index in [9.17, 15) is 22.4 Å². The number of hydrogen-bond acceptors (Lipinski definition) is 3. The average molecular weight is 531 g/mol. The number of carbonyl (C=O) groups is 1. The summed E-state index contributed by atoms with van der Waals surface area (Å²) in [6.45, 7) is 5.27. The third kappa shape index (κ3) is 6.56. The summed E-state index contributed by atoms with van der Waals surface area (Å²) in [5, 5.41) is 5.39. The Morgan fingerprint density at radius 2 is 1.76 bits per heavy atom. The van der Waals surface area contributed by atoms with Crippen molar-refractivity contribution in [3.63, 3.8) is 0 Å². The lowest BCUT2D eigenvalue weighted by molar-refractivity contribution is -0.0905. The summed E-state index contributed by atoms with van der Waals surface area (Å²) in [5.41, 5.74) is 8.18. The average Bonchev–Trinajstić information content (AvgIpc) is 2.89. The second-order valence-corrected chi connectivity index (χ2v) is 10.1. The van der Waals surface area contributed by atoms with Crippen molar-refractivity contribution in [2.24, 2.45) is 0 Å². The monoisotopic (exact) mass is 530 g/mol. The van der Waals surface area contributed by atoms with Gasteiger partial charge in [0.2, 0.25) is 0 Å². The van der Waals surface area contributed by atoms with Crippen molar-refractivity contribution in [1.29, 1.82) is 0 Å². The maximum Gasteiger partial charge on any atom is 0.418 e. The van der Waals surface area contributed by atoms with E-state index in [0.717, 1.165) is 55.6 Å². The highest BCUT2D eigenvalue weighted by Gasteiger charge is 2.38. The Labute approximate surface area is 220 Å². The Morgan fingerprint density at radius 3 is 2.39 bits per heavy atom. The van der Waals surface area contributed by atoms with Gasteiger partial charge in [0, 0.05) is 29.8 Å². The normalized spacial score (nSPS) is 18.2. The molecule has 38 heavy (non-hydrogen) atoms. The van der Waals surface area contributed by atoms with Gasteiger partial charge in [-0.25, -0.2) is 9.18 Å². The van der Waals surface area contributed by atoms with E-state index in [0.29, 0.717) is 18.3 Å². The van der Waals surface area contributed by atoms with E-state index < -0.39 is 30.0 Å². The number of halogens is 4. The predicted octanol–water partition coefficient (Wildman–Crippen LogP) is 6.44. The topological polar surface area (TPSA) is 70.4 Å². The van der Waals surface area contributed by atoms with Crippen LogP contribution in [0.1, 0.15) is 44.6 Å². The van der Waals surface area contributed by atoms with Crippen molar-refractivity contribution >= 4 is 11.7 Å². The van der Waals surface area contributed by atoms with Gasteiger partial charge in [-0.15, -0.1) is 0 Å². The predicted molar refractivity (Wildman–Crippen MR) is 142 cm³/mol. The second kappa shape index (κ2) is 11.6. The fraction of sp³-hybridized carbons (Fsp3) is 0.414. The number of nitrogens with two attached hydrogens (primary N) is 1. The van der Waals surface area contributed by atoms with Gasteiger partial charge in [-0.3, -0.25) is 0 Å². The molecule has 0 aromatic heterocycles. The van der Waals surface area contributed by atoms with Gasteiger partial charge in [-0.05, 0) is 80.2 Å². The lowest BCUT2D eigenvalue weighted by atomic mass is 9.72. The first-order chi connectivity index (χ1) is 18.1. The number of amides is 2. The van der Waals surface area contributed by atoms with Crippen molar-refractivity contribution in [2.75, 3.05) is 31.9 Å². The molecule has 0 radical (unpaired) electrons. The Balaban J connectivity index is 1.49. The van der Waals surface area contributed by atoms with Gasteiger partial charge in [0.25, 0.3) is 0 Å². The summed E-state index contributed by atoms with van der Waals surface area (Å²) in [6, 6.07) is 15.4. The highest BCUT2D eigenvalue weighted by atomic mass is 19.4. The molecular formula is C29H34F4N4O. The lowest BCUT2D eigenvalue weighted by Gasteiger charge is -2.42. The number of hydrogen-bond donors (Lipinski definition) is 3. The van der Waals surface area contributed by atoms with Gasteiger partial charge in [-0.2, -0.15) is 13.2 Å². The number of nitrogens with zero attached hydrogens (tertiary/aromatic N) is 1. The summed E-state index contributed by atoms with van der Waals surface area (Å²) in [5.74, 6) is -1.21. The Bertz CT molecular complexity index is 1200. The largest absolute Gasteiger partial charge is 0.418 e. The molecule has 1 saturated heterocycles. The van der Waals surface area contributed by atoms with Crippen LogP contribution in [0.15, 0.2) is 71.7 Å². The smallest absolute Gasteiger partial charge is 0.399 e. The first kappa shape index (κ1) is 27.7. The molecule has 0 spiro atoms. The Kier molecular flexibility index (Phi) is 8.45. The number of carbonyl (C=O) groups excluding carboxylic acids is 1. The number of nitrogen functional groups attached to an aromatic ring is 1. The summed E-state index contributed by atoms with van der Waals surface area (Å²) in [6.07, 6.45) is -1.78. The molecule has 2 aromatic rings. The molecule has 0 saturated carbocycles. The summed E-state index contributed by atoms with van der Waals surface area (Å²) >= 11 is 0. The molecule has 0 bridgehead atoms. The number of rotatable bonds is 7. The molecule has 2 aromatic carbocycles. The van der Waals surface area contributed by atoms with Crippen LogP contribution in [0.5, 0.6) is 0 Å². The standard InChI is InChI=1S/C29H34F4N4O/c1-2-14-37-15-12-28(13-16-37,22-8-6-20(7-9-22)21-4-3-5-23(34)17-21)19-35-27(38)36-24-10-11-26(30)25(18-24)29(31,32)33/h3-9,17-18H,2,10-16,19,34H2,1H3,(H2,35,36,38). The van der Waals surface area contributed by atoms with Crippen LogP contribution in [-0.4, -0.2) is 43.3 Å². The van der Waals surface area contributed by atoms with Crippen molar-refractivity contribution < 1.29 is 22.4 Å². The molecule has 1 fully saturated rings. The van der Waals surface area contributed by atoms with Gasteiger partial charge in [0.1, 0.15) is 5.83 Å². The molecule has 2 amide bonds. The van der Waals surface area contributed by atoms with Gasteiger partial charge in [-0.1, -0.05) is 43.3 Å². The highest BCUT2D eigenvalue weighted by Crippen LogP contribution is 2.37. The van der Waals surface area contributed by atoms with Crippen molar-refractivity contribution in [3.05, 3.63) is 77.3 Å². The van der Waals surface area contributed by atoms with Crippen LogP contribution >= 0.6 is 0 Å². The fourth-order valence-electron chi connectivity index (χ4n) is 5.30.